The van der Waals surface area contributed by atoms with Crippen molar-refractivity contribution in [2.75, 3.05) is 0 Å². The molecule has 1 aromatic carbocycles. The fourth-order valence-electron chi connectivity index (χ4n) is 1.64. The lowest BCUT2D eigenvalue weighted by Crippen LogP contribution is -2.26. The molecule has 0 fully saturated rings. The second kappa shape index (κ2) is 5.41. The minimum atomic E-state index is -0.360. The average Bonchev–Trinajstić information content (AvgIpc) is 2.26. The fraction of sp³-hybridized carbons (Fsp3) is 0.455. The predicted molar refractivity (Wildman–Crippen MR) is 67.5 cm³/mol. The molecular formula is C11H15BrN2O2. The highest BCUT2D eigenvalue weighted by Crippen LogP contribution is 2.31. The first-order valence-electron chi connectivity index (χ1n) is 5.16. The molecule has 1 rings (SSSR count). The molecular weight excluding hydrogens is 272 g/mol. The van der Waals surface area contributed by atoms with Crippen LogP contribution in [0.2, 0.25) is 0 Å². The second-order valence-corrected chi connectivity index (χ2v) is 4.74. The van der Waals surface area contributed by atoms with Gasteiger partial charge in [0, 0.05) is 28.1 Å². The van der Waals surface area contributed by atoms with Crippen LogP contribution in [-0.2, 0) is 0 Å². The van der Waals surface area contributed by atoms with E-state index in [2.05, 4.69) is 15.9 Å². The summed E-state index contributed by atoms with van der Waals surface area (Å²) in [6.45, 7) is 3.90. The third kappa shape index (κ3) is 2.80. The van der Waals surface area contributed by atoms with Crippen LogP contribution >= 0.6 is 15.9 Å². The number of nitrogens with zero attached hydrogens (tertiary/aromatic N) is 1. The molecule has 0 saturated carbocycles. The van der Waals surface area contributed by atoms with Crippen LogP contribution in [0.5, 0.6) is 0 Å². The molecule has 0 aromatic heterocycles. The summed E-state index contributed by atoms with van der Waals surface area (Å²) in [6, 6.07) is 4.90. The van der Waals surface area contributed by atoms with E-state index in [1.165, 1.54) is 6.07 Å². The van der Waals surface area contributed by atoms with Crippen LogP contribution in [0.3, 0.4) is 0 Å². The molecule has 2 N–H and O–H groups in total. The fourth-order valence-corrected chi connectivity index (χ4v) is 2.02. The number of hydrogen-bond acceptors (Lipinski definition) is 3. The predicted octanol–water partition coefficient (Wildman–Crippen LogP) is 3.20. The van der Waals surface area contributed by atoms with Crippen molar-refractivity contribution in [3.8, 4) is 0 Å². The van der Waals surface area contributed by atoms with Gasteiger partial charge in [0.05, 0.1) is 4.92 Å². The molecule has 4 nitrogen and oxygen atoms in total. The molecule has 88 valence electrons. The van der Waals surface area contributed by atoms with Crippen molar-refractivity contribution in [1.82, 2.24) is 0 Å². The molecule has 0 saturated heterocycles. The summed E-state index contributed by atoms with van der Waals surface area (Å²) in [5.41, 5.74) is 6.76. The molecule has 5 heteroatoms. The van der Waals surface area contributed by atoms with Gasteiger partial charge in [-0.15, -0.1) is 0 Å². The van der Waals surface area contributed by atoms with E-state index in [0.717, 1.165) is 10.9 Å². The third-order valence-electron chi connectivity index (χ3n) is 2.79. The van der Waals surface area contributed by atoms with Gasteiger partial charge in [-0.05, 0) is 18.6 Å². The van der Waals surface area contributed by atoms with Crippen LogP contribution in [-0.4, -0.2) is 11.0 Å². The highest BCUT2D eigenvalue weighted by molar-refractivity contribution is 9.10. The van der Waals surface area contributed by atoms with E-state index in [0.29, 0.717) is 5.56 Å². The lowest BCUT2D eigenvalue weighted by atomic mass is 9.91. The summed E-state index contributed by atoms with van der Waals surface area (Å²) in [6.07, 6.45) is 0.796. The zero-order chi connectivity index (χ0) is 12.3. The molecule has 0 aliphatic carbocycles. The highest BCUT2D eigenvalue weighted by atomic mass is 79.9. The smallest absolute Gasteiger partial charge is 0.272 e. The van der Waals surface area contributed by atoms with Crippen LogP contribution in [0, 0.1) is 10.1 Å². The Balaban J connectivity index is 3.19. The molecule has 0 radical (unpaired) electrons. The van der Waals surface area contributed by atoms with Gasteiger partial charge >= 0.3 is 0 Å². The van der Waals surface area contributed by atoms with E-state index in [4.69, 9.17) is 5.73 Å². The van der Waals surface area contributed by atoms with E-state index in [9.17, 15) is 10.1 Å². The van der Waals surface area contributed by atoms with E-state index >= 15 is 0 Å². The number of rotatable bonds is 4. The standard InChI is InChI=1S/C11H15BrN2O2/c1-3-10(13)7(2)9-6-8(12)4-5-11(9)14(15)16/h4-7,10H,3,13H2,1-2H3. The minimum absolute atomic E-state index is 0.0251. The van der Waals surface area contributed by atoms with E-state index in [1.807, 2.05) is 13.8 Å². The zero-order valence-corrected chi connectivity index (χ0v) is 10.9. The van der Waals surface area contributed by atoms with E-state index < -0.39 is 0 Å². The molecule has 0 heterocycles. The van der Waals surface area contributed by atoms with Crippen LogP contribution in [0.1, 0.15) is 31.7 Å². The monoisotopic (exact) mass is 286 g/mol. The first kappa shape index (κ1) is 13.1. The first-order chi connectivity index (χ1) is 7.47. The van der Waals surface area contributed by atoms with Crippen LogP contribution in [0.15, 0.2) is 22.7 Å². The van der Waals surface area contributed by atoms with Crippen molar-refractivity contribution in [2.45, 2.75) is 32.2 Å². The largest absolute Gasteiger partial charge is 0.327 e. The molecule has 0 spiro atoms. The third-order valence-corrected chi connectivity index (χ3v) is 3.28. The van der Waals surface area contributed by atoms with Crippen LogP contribution in [0.25, 0.3) is 0 Å². The Bertz CT molecular complexity index is 396. The van der Waals surface area contributed by atoms with Gasteiger partial charge in [0.15, 0.2) is 0 Å². The van der Waals surface area contributed by atoms with Gasteiger partial charge < -0.3 is 5.73 Å². The number of nitro groups is 1. The summed E-state index contributed by atoms with van der Waals surface area (Å²) >= 11 is 3.32. The van der Waals surface area contributed by atoms with Crippen molar-refractivity contribution in [3.63, 3.8) is 0 Å². The maximum Gasteiger partial charge on any atom is 0.272 e. The number of benzene rings is 1. The second-order valence-electron chi connectivity index (χ2n) is 3.82. The minimum Gasteiger partial charge on any atom is -0.327 e. The Kier molecular flexibility index (Phi) is 4.44. The molecule has 0 aliphatic rings. The van der Waals surface area contributed by atoms with Gasteiger partial charge in [-0.1, -0.05) is 29.8 Å². The summed E-state index contributed by atoms with van der Waals surface area (Å²) in [5.74, 6) is -0.0251. The lowest BCUT2D eigenvalue weighted by Gasteiger charge is -2.18. The van der Waals surface area contributed by atoms with Crippen molar-refractivity contribution in [2.24, 2.45) is 5.73 Å². The Morgan fingerprint density at radius 3 is 2.69 bits per heavy atom. The van der Waals surface area contributed by atoms with Crippen molar-refractivity contribution in [1.29, 1.82) is 0 Å². The Hall–Kier alpha value is -0.940. The SMILES string of the molecule is CCC(N)C(C)c1cc(Br)ccc1[N+](=O)[O-]. The van der Waals surface area contributed by atoms with Crippen LogP contribution in [0.4, 0.5) is 5.69 Å². The number of halogens is 1. The topological polar surface area (TPSA) is 69.2 Å². The van der Waals surface area contributed by atoms with Crippen molar-refractivity contribution in [3.05, 3.63) is 38.3 Å². The number of nitrogens with two attached hydrogens (primary N) is 1. The molecule has 16 heavy (non-hydrogen) atoms. The molecule has 2 atom stereocenters. The van der Waals surface area contributed by atoms with Gasteiger partial charge in [-0.3, -0.25) is 10.1 Å². The Morgan fingerprint density at radius 1 is 1.56 bits per heavy atom. The number of nitro benzene ring substituents is 1. The van der Waals surface area contributed by atoms with Gasteiger partial charge in [-0.25, -0.2) is 0 Å². The van der Waals surface area contributed by atoms with Crippen molar-refractivity contribution < 1.29 is 4.92 Å². The molecule has 2 unspecified atom stereocenters. The van der Waals surface area contributed by atoms with Crippen molar-refractivity contribution >= 4 is 21.6 Å². The average molecular weight is 287 g/mol. The summed E-state index contributed by atoms with van der Waals surface area (Å²) in [5, 5.41) is 10.9. The number of hydrogen-bond donors (Lipinski definition) is 1. The zero-order valence-electron chi connectivity index (χ0n) is 9.31. The Morgan fingerprint density at radius 2 is 2.19 bits per heavy atom. The first-order valence-corrected chi connectivity index (χ1v) is 5.96. The van der Waals surface area contributed by atoms with Gasteiger partial charge in [-0.2, -0.15) is 0 Å². The lowest BCUT2D eigenvalue weighted by molar-refractivity contribution is -0.385. The van der Waals surface area contributed by atoms with Gasteiger partial charge in [0.1, 0.15) is 0 Å². The maximum absolute atomic E-state index is 10.9. The molecule has 1 aromatic rings. The quantitative estimate of drug-likeness (QED) is 0.683. The molecule has 0 bridgehead atoms. The van der Waals surface area contributed by atoms with E-state index in [-0.39, 0.29) is 22.6 Å². The van der Waals surface area contributed by atoms with E-state index in [1.54, 1.807) is 12.1 Å². The summed E-state index contributed by atoms with van der Waals surface area (Å²) in [7, 11) is 0. The molecule has 0 amide bonds. The maximum atomic E-state index is 10.9. The van der Waals surface area contributed by atoms with Crippen LogP contribution < -0.4 is 5.73 Å². The normalized spacial score (nSPS) is 14.5. The Labute approximate surface area is 103 Å². The summed E-state index contributed by atoms with van der Waals surface area (Å²) < 4.78 is 0.836. The van der Waals surface area contributed by atoms with Gasteiger partial charge in [0.2, 0.25) is 0 Å². The highest BCUT2D eigenvalue weighted by Gasteiger charge is 2.22. The molecule has 0 aliphatic heterocycles. The van der Waals surface area contributed by atoms with Gasteiger partial charge in [0.25, 0.3) is 5.69 Å². The summed E-state index contributed by atoms with van der Waals surface area (Å²) in [4.78, 5) is 10.5.